The van der Waals surface area contributed by atoms with Crippen LogP contribution in [0.3, 0.4) is 0 Å². The van der Waals surface area contributed by atoms with Crippen LogP contribution in [-0.2, 0) is 29.5 Å². The number of hydrogen-bond acceptors (Lipinski definition) is 5. The van der Waals surface area contributed by atoms with E-state index in [9.17, 15) is 8.42 Å². The summed E-state index contributed by atoms with van der Waals surface area (Å²) in [7, 11) is -3.69. The summed E-state index contributed by atoms with van der Waals surface area (Å²) < 4.78 is 27.8. The number of halogens is 1. The molecule has 0 amide bonds. The fourth-order valence-corrected chi connectivity index (χ4v) is 5.68. The van der Waals surface area contributed by atoms with Crippen molar-refractivity contribution in [1.29, 1.82) is 0 Å². The number of thiazole rings is 1. The van der Waals surface area contributed by atoms with Crippen molar-refractivity contribution >= 4 is 42.4 Å². The first kappa shape index (κ1) is 15.0. The molecule has 0 fully saturated rings. The van der Waals surface area contributed by atoms with Gasteiger partial charge >= 0.3 is 0 Å². The first-order chi connectivity index (χ1) is 9.99. The summed E-state index contributed by atoms with van der Waals surface area (Å²) in [6.07, 6.45) is 2.99. The van der Waals surface area contributed by atoms with E-state index < -0.39 is 10.0 Å². The Labute approximate surface area is 135 Å². The molecule has 0 saturated carbocycles. The van der Waals surface area contributed by atoms with Gasteiger partial charge in [-0.25, -0.2) is 13.4 Å². The second-order valence-electron chi connectivity index (χ2n) is 4.77. The largest absolute Gasteiger partial charge is 0.392 e. The quantitative estimate of drug-likeness (QED) is 0.843. The summed E-state index contributed by atoms with van der Waals surface area (Å²) in [6, 6.07) is 4.65. The van der Waals surface area contributed by atoms with Crippen molar-refractivity contribution in [1.82, 2.24) is 4.98 Å². The van der Waals surface area contributed by atoms with E-state index >= 15 is 0 Å². The number of anilines is 1. The van der Waals surface area contributed by atoms with Gasteiger partial charge in [0.25, 0.3) is 10.0 Å². The Morgan fingerprint density at radius 2 is 2.19 bits per heavy atom. The Kier molecular flexibility index (Phi) is 4.04. The molecule has 0 atom stereocenters. The molecule has 112 valence electrons. The highest BCUT2D eigenvalue weighted by Crippen LogP contribution is 2.32. The zero-order valence-corrected chi connectivity index (χ0v) is 14.2. The first-order valence-electron chi connectivity index (χ1n) is 6.40. The Hall–Kier alpha value is -0.960. The van der Waals surface area contributed by atoms with Crippen molar-refractivity contribution in [3.05, 3.63) is 38.8 Å². The molecule has 1 aliphatic carbocycles. The molecule has 1 aromatic heterocycles. The molecule has 1 aromatic carbocycles. The van der Waals surface area contributed by atoms with Crippen molar-refractivity contribution in [2.24, 2.45) is 0 Å². The number of aliphatic hydroxyl groups excluding tert-OH is 1. The SMILES string of the molecule is O=S(=O)(Nc1nc2c(s1)CCC2)c1ccc(CO)cc1Br. The fraction of sp³-hybridized carbons (Fsp3) is 0.308. The number of nitrogens with zero attached hydrogens (tertiary/aromatic N) is 1. The van der Waals surface area contributed by atoms with Crippen LogP contribution >= 0.6 is 27.3 Å². The number of aromatic nitrogens is 1. The van der Waals surface area contributed by atoms with Crippen molar-refractivity contribution in [3.63, 3.8) is 0 Å². The lowest BCUT2D eigenvalue weighted by atomic mass is 10.2. The van der Waals surface area contributed by atoms with Gasteiger partial charge in [-0.1, -0.05) is 6.07 Å². The number of benzene rings is 1. The van der Waals surface area contributed by atoms with E-state index in [-0.39, 0.29) is 11.5 Å². The van der Waals surface area contributed by atoms with Gasteiger partial charge in [0.2, 0.25) is 0 Å². The maximum Gasteiger partial charge on any atom is 0.264 e. The summed E-state index contributed by atoms with van der Waals surface area (Å²) in [5.74, 6) is 0. The first-order valence-corrected chi connectivity index (χ1v) is 9.49. The molecule has 2 aromatic rings. The zero-order chi connectivity index (χ0) is 15.0. The Bertz CT molecular complexity index is 765. The van der Waals surface area contributed by atoms with Gasteiger partial charge in [0, 0.05) is 9.35 Å². The van der Waals surface area contributed by atoms with Gasteiger partial charge in [-0.3, -0.25) is 4.72 Å². The molecule has 0 saturated heterocycles. The molecule has 0 bridgehead atoms. The van der Waals surface area contributed by atoms with Crippen LogP contribution < -0.4 is 4.72 Å². The Morgan fingerprint density at radius 1 is 1.38 bits per heavy atom. The van der Waals surface area contributed by atoms with Crippen LogP contribution in [-0.4, -0.2) is 18.5 Å². The van der Waals surface area contributed by atoms with Crippen LogP contribution in [0.1, 0.15) is 22.6 Å². The fourth-order valence-electron chi connectivity index (χ4n) is 2.26. The number of aliphatic hydroxyl groups is 1. The number of hydrogen-bond donors (Lipinski definition) is 2. The molecule has 0 aliphatic heterocycles. The maximum absolute atomic E-state index is 12.4. The van der Waals surface area contributed by atoms with Crippen LogP contribution in [0.2, 0.25) is 0 Å². The lowest BCUT2D eigenvalue weighted by Crippen LogP contribution is -2.13. The Morgan fingerprint density at radius 3 is 2.86 bits per heavy atom. The second kappa shape index (κ2) is 5.68. The minimum Gasteiger partial charge on any atom is -0.392 e. The van der Waals surface area contributed by atoms with Crippen molar-refractivity contribution in [2.45, 2.75) is 30.8 Å². The Balaban J connectivity index is 1.89. The van der Waals surface area contributed by atoms with Crippen molar-refractivity contribution in [2.75, 3.05) is 4.72 Å². The van der Waals surface area contributed by atoms with E-state index in [1.165, 1.54) is 22.3 Å². The highest BCUT2D eigenvalue weighted by atomic mass is 79.9. The third-order valence-electron chi connectivity index (χ3n) is 3.29. The van der Waals surface area contributed by atoms with E-state index in [0.717, 1.165) is 25.0 Å². The average molecular weight is 389 g/mol. The van der Waals surface area contributed by atoms with E-state index in [1.807, 2.05) is 0 Å². The second-order valence-corrected chi connectivity index (χ2v) is 8.36. The van der Waals surface area contributed by atoms with E-state index in [1.54, 1.807) is 12.1 Å². The van der Waals surface area contributed by atoms with Crippen LogP contribution in [0.5, 0.6) is 0 Å². The summed E-state index contributed by atoms with van der Waals surface area (Å²) in [4.78, 5) is 5.64. The lowest BCUT2D eigenvalue weighted by molar-refractivity contribution is 0.281. The number of fused-ring (bicyclic) bond motifs is 1. The van der Waals surface area contributed by atoms with Crippen molar-refractivity contribution in [3.8, 4) is 0 Å². The third-order valence-corrected chi connectivity index (χ3v) is 6.80. The van der Waals surface area contributed by atoms with Crippen LogP contribution in [0.15, 0.2) is 27.6 Å². The maximum atomic E-state index is 12.4. The van der Waals surface area contributed by atoms with Gasteiger partial charge in [0.15, 0.2) is 5.13 Å². The molecule has 21 heavy (non-hydrogen) atoms. The molecule has 1 heterocycles. The van der Waals surface area contributed by atoms with E-state index in [2.05, 4.69) is 25.6 Å². The van der Waals surface area contributed by atoms with Gasteiger partial charge in [-0.15, -0.1) is 11.3 Å². The van der Waals surface area contributed by atoms with E-state index in [4.69, 9.17) is 5.11 Å². The summed E-state index contributed by atoms with van der Waals surface area (Å²) in [5.41, 5.74) is 1.65. The van der Waals surface area contributed by atoms with Crippen LogP contribution in [0.4, 0.5) is 5.13 Å². The van der Waals surface area contributed by atoms with Gasteiger partial charge in [0.1, 0.15) is 4.90 Å². The topological polar surface area (TPSA) is 79.3 Å². The molecule has 1 aliphatic rings. The van der Waals surface area contributed by atoms with Gasteiger partial charge in [0.05, 0.1) is 12.3 Å². The number of aryl methyl sites for hydroxylation is 2. The molecular weight excluding hydrogens is 376 g/mol. The van der Waals surface area contributed by atoms with Gasteiger partial charge < -0.3 is 5.11 Å². The molecule has 0 unspecified atom stereocenters. The highest BCUT2D eigenvalue weighted by molar-refractivity contribution is 9.10. The average Bonchev–Trinajstić information content (AvgIpc) is 2.98. The van der Waals surface area contributed by atoms with Gasteiger partial charge in [-0.2, -0.15) is 0 Å². The molecule has 0 radical (unpaired) electrons. The minimum absolute atomic E-state index is 0.133. The molecule has 2 N–H and O–H groups in total. The van der Waals surface area contributed by atoms with Crippen molar-refractivity contribution < 1.29 is 13.5 Å². The smallest absolute Gasteiger partial charge is 0.264 e. The lowest BCUT2D eigenvalue weighted by Gasteiger charge is -2.08. The zero-order valence-electron chi connectivity index (χ0n) is 11.0. The number of sulfonamides is 1. The van der Waals surface area contributed by atoms with Crippen LogP contribution in [0.25, 0.3) is 0 Å². The molecule has 0 spiro atoms. The molecular formula is C13H13BrN2O3S2. The summed E-state index contributed by atoms with van der Waals surface area (Å²) in [6.45, 7) is -0.133. The predicted octanol–water partition coefficient (Wildman–Crippen LogP) is 2.69. The minimum atomic E-state index is -3.69. The monoisotopic (exact) mass is 388 g/mol. The highest BCUT2D eigenvalue weighted by Gasteiger charge is 2.22. The molecule has 8 heteroatoms. The van der Waals surface area contributed by atoms with E-state index in [0.29, 0.717) is 15.2 Å². The normalized spacial score (nSPS) is 14.2. The number of rotatable bonds is 4. The van der Waals surface area contributed by atoms with Crippen LogP contribution in [0, 0.1) is 0 Å². The molecule has 5 nitrogen and oxygen atoms in total. The van der Waals surface area contributed by atoms with Gasteiger partial charge in [-0.05, 0) is 52.9 Å². The summed E-state index contributed by atoms with van der Waals surface area (Å²) in [5, 5.41) is 9.48. The molecule has 3 rings (SSSR count). The summed E-state index contributed by atoms with van der Waals surface area (Å²) >= 11 is 4.63. The standard InChI is InChI=1S/C13H13BrN2O3S2/c14-9-6-8(7-17)4-5-12(9)21(18,19)16-13-15-10-2-1-3-11(10)20-13/h4-6,17H,1-3,7H2,(H,15,16). The third kappa shape index (κ3) is 2.98. The number of nitrogens with one attached hydrogen (secondary N) is 1. The predicted molar refractivity (Wildman–Crippen MR) is 85.0 cm³/mol.